The minimum Gasteiger partial charge on any atom is -0.372 e. The molecule has 5 nitrogen and oxygen atoms in total. The second kappa shape index (κ2) is 6.40. The van der Waals surface area contributed by atoms with Crippen molar-refractivity contribution < 1.29 is 9.18 Å². The van der Waals surface area contributed by atoms with Gasteiger partial charge in [-0.15, -0.1) is 0 Å². The summed E-state index contributed by atoms with van der Waals surface area (Å²) in [4.78, 5) is 14.4. The molecular weight excluding hydrogens is 387 g/mol. The van der Waals surface area contributed by atoms with Gasteiger partial charge in [-0.3, -0.25) is 0 Å². The van der Waals surface area contributed by atoms with Gasteiger partial charge in [-0.2, -0.15) is 0 Å². The molecular formula is C18H16BrFN4O. The molecule has 0 spiro atoms. The quantitative estimate of drug-likeness (QED) is 0.734. The molecule has 0 bridgehead atoms. The van der Waals surface area contributed by atoms with Crippen LogP contribution in [0.25, 0.3) is 5.70 Å². The van der Waals surface area contributed by atoms with Crippen LogP contribution in [0.4, 0.5) is 14.9 Å². The van der Waals surface area contributed by atoms with Gasteiger partial charge in [0.2, 0.25) is 0 Å². The first-order chi connectivity index (χ1) is 12.1. The van der Waals surface area contributed by atoms with E-state index in [2.05, 4.69) is 48.9 Å². The van der Waals surface area contributed by atoms with Crippen molar-refractivity contribution in [2.24, 2.45) is 0 Å². The zero-order valence-corrected chi connectivity index (χ0v) is 14.8. The fourth-order valence-corrected chi connectivity index (χ4v) is 3.65. The summed E-state index contributed by atoms with van der Waals surface area (Å²) in [6, 6.07) is 12.3. The molecule has 1 unspecified atom stereocenters. The van der Waals surface area contributed by atoms with E-state index < -0.39 is 0 Å². The number of nitrogens with one attached hydrogen (secondary N) is 3. The topological polar surface area (TPSA) is 56.4 Å². The molecule has 2 aromatic carbocycles. The molecule has 4 rings (SSSR count). The molecule has 2 aliphatic rings. The van der Waals surface area contributed by atoms with Gasteiger partial charge in [0.05, 0.1) is 22.9 Å². The number of anilines is 1. The van der Waals surface area contributed by atoms with Crippen molar-refractivity contribution in [2.45, 2.75) is 6.04 Å². The minimum atomic E-state index is -0.366. The average Bonchev–Trinajstić information content (AvgIpc) is 3.18. The van der Waals surface area contributed by atoms with Gasteiger partial charge in [0.1, 0.15) is 5.82 Å². The number of nitrogens with zero attached hydrogens (tertiary/aromatic N) is 1. The highest BCUT2D eigenvalue weighted by molar-refractivity contribution is 9.10. The molecule has 1 atom stereocenters. The van der Waals surface area contributed by atoms with Gasteiger partial charge in [-0.25, -0.2) is 9.18 Å². The van der Waals surface area contributed by atoms with Crippen LogP contribution in [0, 0.1) is 5.82 Å². The Hall–Kier alpha value is -2.54. The number of hydrogen-bond acceptors (Lipinski definition) is 3. The lowest BCUT2D eigenvalue weighted by Crippen LogP contribution is -2.37. The van der Waals surface area contributed by atoms with E-state index in [4.69, 9.17) is 0 Å². The lowest BCUT2D eigenvalue weighted by Gasteiger charge is -2.24. The van der Waals surface area contributed by atoms with E-state index in [0.29, 0.717) is 16.7 Å². The molecule has 3 N–H and O–H groups in total. The van der Waals surface area contributed by atoms with Crippen molar-refractivity contribution >= 4 is 33.3 Å². The lowest BCUT2D eigenvalue weighted by molar-refractivity contribution is 0.246. The Labute approximate surface area is 153 Å². The summed E-state index contributed by atoms with van der Waals surface area (Å²) in [6.07, 6.45) is 2.01. The van der Waals surface area contributed by atoms with Crippen molar-refractivity contribution in [2.75, 3.05) is 18.5 Å². The van der Waals surface area contributed by atoms with Crippen LogP contribution in [0.2, 0.25) is 0 Å². The molecule has 0 radical (unpaired) electrons. The zero-order valence-electron chi connectivity index (χ0n) is 13.2. The van der Waals surface area contributed by atoms with Crippen molar-refractivity contribution in [3.05, 3.63) is 70.1 Å². The van der Waals surface area contributed by atoms with Crippen LogP contribution >= 0.6 is 15.9 Å². The highest BCUT2D eigenvalue weighted by Gasteiger charge is 2.35. The van der Waals surface area contributed by atoms with Gasteiger partial charge in [-0.1, -0.05) is 24.3 Å². The Morgan fingerprint density at radius 1 is 1.32 bits per heavy atom. The van der Waals surface area contributed by atoms with Crippen LogP contribution in [-0.4, -0.2) is 24.1 Å². The number of rotatable bonds is 3. The molecule has 0 fully saturated rings. The van der Waals surface area contributed by atoms with E-state index in [-0.39, 0.29) is 17.9 Å². The van der Waals surface area contributed by atoms with Gasteiger partial charge >= 0.3 is 6.03 Å². The second-order valence-corrected chi connectivity index (χ2v) is 6.78. The summed E-state index contributed by atoms with van der Waals surface area (Å²) in [5, 5.41) is 8.86. The normalized spacial score (nSPS) is 17.4. The van der Waals surface area contributed by atoms with E-state index >= 15 is 0 Å². The monoisotopic (exact) mass is 402 g/mol. The maximum Gasteiger partial charge on any atom is 0.319 e. The molecule has 0 aliphatic carbocycles. The summed E-state index contributed by atoms with van der Waals surface area (Å²) >= 11 is 3.11. The van der Waals surface area contributed by atoms with Crippen LogP contribution in [-0.2, 0) is 0 Å². The second-order valence-electron chi connectivity index (χ2n) is 5.93. The Morgan fingerprint density at radius 2 is 2.16 bits per heavy atom. The Morgan fingerprint density at radius 3 is 3.00 bits per heavy atom. The van der Waals surface area contributed by atoms with Gasteiger partial charge in [-0.05, 0) is 39.7 Å². The van der Waals surface area contributed by atoms with Crippen molar-refractivity contribution in [3.8, 4) is 0 Å². The molecule has 2 amide bonds. The number of fused-ring (bicyclic) bond motifs is 3. The van der Waals surface area contributed by atoms with Crippen LogP contribution < -0.4 is 16.0 Å². The smallest absolute Gasteiger partial charge is 0.319 e. The molecule has 0 aromatic heterocycles. The third-order valence-electron chi connectivity index (χ3n) is 4.42. The minimum absolute atomic E-state index is 0.0863. The Kier molecular flexibility index (Phi) is 4.09. The fourth-order valence-electron chi connectivity index (χ4n) is 3.27. The maximum absolute atomic E-state index is 13.3. The third-order valence-corrected chi connectivity index (χ3v) is 5.02. The highest BCUT2D eigenvalue weighted by Crippen LogP contribution is 2.41. The molecule has 0 saturated heterocycles. The fraction of sp³-hybridized carbons (Fsp3) is 0.167. The van der Waals surface area contributed by atoms with E-state index in [1.54, 1.807) is 0 Å². The summed E-state index contributed by atoms with van der Waals surface area (Å²) in [5.74, 6) is -0.366. The predicted octanol–water partition coefficient (Wildman–Crippen LogP) is 3.63. The standard InChI is InChI=1S/C18H16BrFN4O/c19-14-7-11(5-6-15(14)20)23-18(25)22-9-17-13-4-2-1-3-12(13)16-8-21-10-24(16)17/h1-8,17,21H,9-10H2,(H2,22,23,25). The predicted molar refractivity (Wildman–Crippen MR) is 98.1 cm³/mol. The van der Waals surface area contributed by atoms with Crippen molar-refractivity contribution in [3.63, 3.8) is 0 Å². The number of hydrogen-bond donors (Lipinski definition) is 3. The SMILES string of the molecule is O=C(NCC1c2ccccc2C2=CNCN21)Nc1ccc(F)c(Br)c1. The molecule has 128 valence electrons. The van der Waals surface area contributed by atoms with Crippen molar-refractivity contribution in [1.82, 2.24) is 15.5 Å². The number of urea groups is 1. The summed E-state index contributed by atoms with van der Waals surface area (Å²) in [6.45, 7) is 1.20. The van der Waals surface area contributed by atoms with Gasteiger partial charge in [0, 0.05) is 24.0 Å². The first-order valence-corrected chi connectivity index (χ1v) is 8.72. The number of carbonyl (C=O) groups excluding carboxylic acids is 1. The van der Waals surface area contributed by atoms with E-state index in [0.717, 1.165) is 12.4 Å². The van der Waals surface area contributed by atoms with Crippen LogP contribution in [0.5, 0.6) is 0 Å². The summed E-state index contributed by atoms with van der Waals surface area (Å²) < 4.78 is 13.6. The van der Waals surface area contributed by atoms with E-state index in [1.165, 1.54) is 29.3 Å². The Bertz CT molecular complexity index is 870. The molecule has 0 saturated carbocycles. The first-order valence-electron chi connectivity index (χ1n) is 7.93. The maximum atomic E-state index is 13.3. The third kappa shape index (κ3) is 2.95. The molecule has 7 heteroatoms. The number of benzene rings is 2. The zero-order chi connectivity index (χ0) is 17.4. The van der Waals surface area contributed by atoms with E-state index in [9.17, 15) is 9.18 Å². The highest BCUT2D eigenvalue weighted by atomic mass is 79.9. The van der Waals surface area contributed by atoms with Gasteiger partial charge < -0.3 is 20.9 Å². The van der Waals surface area contributed by atoms with Crippen LogP contribution in [0.1, 0.15) is 17.2 Å². The number of halogens is 2. The van der Waals surface area contributed by atoms with Crippen LogP contribution in [0.3, 0.4) is 0 Å². The molecule has 2 aromatic rings. The molecule has 25 heavy (non-hydrogen) atoms. The van der Waals surface area contributed by atoms with E-state index in [1.807, 2.05) is 18.3 Å². The average molecular weight is 403 g/mol. The number of carbonyl (C=O) groups is 1. The number of amides is 2. The van der Waals surface area contributed by atoms with Crippen LogP contribution in [0.15, 0.2) is 53.1 Å². The first kappa shape index (κ1) is 16.0. The Balaban J connectivity index is 1.43. The van der Waals surface area contributed by atoms with Gasteiger partial charge in [0.25, 0.3) is 0 Å². The largest absolute Gasteiger partial charge is 0.372 e. The molecule has 2 aliphatic heterocycles. The lowest BCUT2D eigenvalue weighted by atomic mass is 10.0. The van der Waals surface area contributed by atoms with Gasteiger partial charge in [0.15, 0.2) is 0 Å². The summed E-state index contributed by atoms with van der Waals surface area (Å²) in [7, 11) is 0. The summed E-state index contributed by atoms with van der Waals surface area (Å²) in [5.41, 5.74) is 4.09. The molecule has 2 heterocycles. The van der Waals surface area contributed by atoms with Crippen molar-refractivity contribution in [1.29, 1.82) is 0 Å².